The first-order valence-corrected chi connectivity index (χ1v) is 3.51. The van der Waals surface area contributed by atoms with Gasteiger partial charge in [0.05, 0.1) is 6.61 Å². The smallest absolute Gasteiger partial charge is 0.150 e. The summed E-state index contributed by atoms with van der Waals surface area (Å²) < 4.78 is 17.7. The molecule has 0 fully saturated rings. The molecule has 64 valence electrons. The van der Waals surface area contributed by atoms with E-state index in [0.717, 1.165) is 0 Å². The van der Waals surface area contributed by atoms with Crippen molar-refractivity contribution in [2.24, 2.45) is 0 Å². The van der Waals surface area contributed by atoms with E-state index in [2.05, 4.69) is 0 Å². The summed E-state index contributed by atoms with van der Waals surface area (Å²) in [6.07, 6.45) is 0.622. The van der Waals surface area contributed by atoms with E-state index in [1.807, 2.05) is 0 Å². The molecule has 1 aromatic carbocycles. The normalized spacial score (nSPS) is 9.83. The zero-order valence-corrected chi connectivity index (χ0v) is 6.71. The first-order valence-electron chi connectivity index (χ1n) is 3.51. The molecule has 0 amide bonds. The number of ether oxygens (including phenoxy) is 1. The highest BCUT2D eigenvalue weighted by Gasteiger charge is 2.06. The minimum absolute atomic E-state index is 0.126. The second-order valence-corrected chi connectivity index (χ2v) is 2.36. The molecular weight excluding hydrogens is 159 g/mol. The van der Waals surface area contributed by atoms with E-state index in [-0.39, 0.29) is 6.61 Å². The van der Waals surface area contributed by atoms with Gasteiger partial charge in [-0.25, -0.2) is 4.39 Å². The third kappa shape index (κ3) is 1.68. The van der Waals surface area contributed by atoms with Gasteiger partial charge in [0.15, 0.2) is 6.29 Å². The molecule has 0 spiro atoms. The van der Waals surface area contributed by atoms with Crippen LogP contribution in [0.25, 0.3) is 0 Å². The first kappa shape index (κ1) is 8.87. The van der Waals surface area contributed by atoms with Gasteiger partial charge in [-0.2, -0.15) is 0 Å². The summed E-state index contributed by atoms with van der Waals surface area (Å²) in [4.78, 5) is 10.4. The number of methoxy groups -OCH3 is 1. The van der Waals surface area contributed by atoms with Crippen LogP contribution in [0.4, 0.5) is 4.39 Å². The van der Waals surface area contributed by atoms with Crippen molar-refractivity contribution in [1.82, 2.24) is 0 Å². The van der Waals surface area contributed by atoms with Crippen LogP contribution in [0.3, 0.4) is 0 Å². The van der Waals surface area contributed by atoms with Crippen LogP contribution in [-0.4, -0.2) is 13.4 Å². The van der Waals surface area contributed by atoms with E-state index in [1.165, 1.54) is 19.2 Å². The van der Waals surface area contributed by atoms with E-state index in [4.69, 9.17) is 4.74 Å². The highest BCUT2D eigenvalue weighted by atomic mass is 19.1. The molecule has 0 unspecified atom stereocenters. The molecule has 0 atom stereocenters. The predicted octanol–water partition coefficient (Wildman–Crippen LogP) is 1.78. The maximum absolute atomic E-state index is 13.0. The fraction of sp³-hybridized carbons (Fsp3) is 0.222. The maximum Gasteiger partial charge on any atom is 0.150 e. The third-order valence-electron chi connectivity index (χ3n) is 1.57. The molecule has 0 N–H and O–H groups in total. The van der Waals surface area contributed by atoms with Gasteiger partial charge in [-0.3, -0.25) is 4.79 Å². The van der Waals surface area contributed by atoms with Crippen LogP contribution in [0.1, 0.15) is 15.9 Å². The van der Waals surface area contributed by atoms with E-state index in [0.29, 0.717) is 17.4 Å². The molecule has 0 aliphatic rings. The summed E-state index contributed by atoms with van der Waals surface area (Å²) in [6.45, 7) is 0.126. The zero-order valence-electron chi connectivity index (χ0n) is 6.71. The van der Waals surface area contributed by atoms with Crippen LogP contribution < -0.4 is 0 Å². The predicted molar refractivity (Wildman–Crippen MR) is 42.5 cm³/mol. The van der Waals surface area contributed by atoms with Crippen molar-refractivity contribution < 1.29 is 13.9 Å². The fourth-order valence-corrected chi connectivity index (χ4v) is 0.982. The molecule has 0 saturated heterocycles. The number of aldehydes is 1. The highest BCUT2D eigenvalue weighted by Crippen LogP contribution is 2.12. The Morgan fingerprint density at radius 3 is 2.92 bits per heavy atom. The van der Waals surface area contributed by atoms with Crippen LogP contribution in [0.2, 0.25) is 0 Å². The number of carbonyl (C=O) groups is 1. The maximum atomic E-state index is 13.0. The summed E-state index contributed by atoms with van der Waals surface area (Å²) in [5, 5.41) is 0. The Morgan fingerprint density at radius 2 is 2.33 bits per heavy atom. The van der Waals surface area contributed by atoms with Crippen LogP contribution in [0.15, 0.2) is 18.2 Å². The highest BCUT2D eigenvalue weighted by molar-refractivity contribution is 5.77. The average Bonchev–Trinajstić information content (AvgIpc) is 2.09. The minimum atomic E-state index is -0.401. The molecule has 0 aromatic heterocycles. The van der Waals surface area contributed by atoms with E-state index < -0.39 is 5.82 Å². The van der Waals surface area contributed by atoms with Gasteiger partial charge in [-0.05, 0) is 6.07 Å². The molecule has 0 bridgehead atoms. The van der Waals surface area contributed by atoms with Crippen LogP contribution in [0.5, 0.6) is 0 Å². The standard InChI is InChI=1S/C9H9FO2/c1-12-6-8-7(5-11)3-2-4-9(8)10/h2-5H,6H2,1H3. The summed E-state index contributed by atoms with van der Waals surface area (Å²) in [6, 6.07) is 4.37. The van der Waals surface area contributed by atoms with Gasteiger partial charge in [0, 0.05) is 18.2 Å². The quantitative estimate of drug-likeness (QED) is 0.643. The Balaban J connectivity index is 3.10. The molecule has 3 heteroatoms. The average molecular weight is 168 g/mol. The van der Waals surface area contributed by atoms with Gasteiger partial charge in [-0.1, -0.05) is 12.1 Å². The number of rotatable bonds is 3. The van der Waals surface area contributed by atoms with E-state index >= 15 is 0 Å². The molecule has 0 heterocycles. The van der Waals surface area contributed by atoms with Crippen molar-refractivity contribution in [1.29, 1.82) is 0 Å². The van der Waals surface area contributed by atoms with Crippen LogP contribution in [-0.2, 0) is 11.3 Å². The third-order valence-corrected chi connectivity index (χ3v) is 1.57. The molecule has 2 nitrogen and oxygen atoms in total. The monoisotopic (exact) mass is 168 g/mol. The second-order valence-electron chi connectivity index (χ2n) is 2.36. The fourth-order valence-electron chi connectivity index (χ4n) is 0.982. The largest absolute Gasteiger partial charge is 0.380 e. The molecule has 0 aliphatic carbocycles. The summed E-state index contributed by atoms with van der Waals surface area (Å²) in [5.74, 6) is -0.401. The number of halogens is 1. The number of benzene rings is 1. The molecule has 0 radical (unpaired) electrons. The Labute approximate surface area is 70.0 Å². The lowest BCUT2D eigenvalue weighted by Gasteiger charge is -2.03. The van der Waals surface area contributed by atoms with Crippen molar-refractivity contribution >= 4 is 6.29 Å². The van der Waals surface area contributed by atoms with Crippen LogP contribution in [0, 0.1) is 5.82 Å². The van der Waals surface area contributed by atoms with Crippen molar-refractivity contribution in [2.75, 3.05) is 7.11 Å². The Hall–Kier alpha value is -1.22. The lowest BCUT2D eigenvalue weighted by molar-refractivity contribution is 0.111. The topological polar surface area (TPSA) is 26.3 Å². The van der Waals surface area contributed by atoms with Crippen molar-refractivity contribution in [2.45, 2.75) is 6.61 Å². The van der Waals surface area contributed by atoms with Gasteiger partial charge in [0.25, 0.3) is 0 Å². The molecular formula is C9H9FO2. The molecule has 0 saturated carbocycles. The van der Waals surface area contributed by atoms with Crippen molar-refractivity contribution in [3.63, 3.8) is 0 Å². The molecule has 1 rings (SSSR count). The Kier molecular flexibility index (Phi) is 2.94. The summed E-state index contributed by atoms with van der Waals surface area (Å²) in [5.41, 5.74) is 0.659. The SMILES string of the molecule is COCc1c(F)cccc1C=O. The summed E-state index contributed by atoms with van der Waals surface area (Å²) in [7, 11) is 1.46. The van der Waals surface area contributed by atoms with Gasteiger partial charge < -0.3 is 4.74 Å². The van der Waals surface area contributed by atoms with E-state index in [1.54, 1.807) is 6.07 Å². The lowest BCUT2D eigenvalue weighted by Crippen LogP contribution is -1.98. The van der Waals surface area contributed by atoms with Gasteiger partial charge >= 0.3 is 0 Å². The zero-order chi connectivity index (χ0) is 8.97. The molecule has 1 aromatic rings. The Bertz CT molecular complexity index is 284. The molecule has 12 heavy (non-hydrogen) atoms. The number of hydrogen-bond acceptors (Lipinski definition) is 2. The van der Waals surface area contributed by atoms with Crippen molar-refractivity contribution in [3.05, 3.63) is 35.1 Å². The van der Waals surface area contributed by atoms with Gasteiger partial charge in [0.2, 0.25) is 0 Å². The summed E-state index contributed by atoms with van der Waals surface area (Å²) >= 11 is 0. The van der Waals surface area contributed by atoms with Gasteiger partial charge in [0.1, 0.15) is 5.82 Å². The molecule has 0 aliphatic heterocycles. The minimum Gasteiger partial charge on any atom is -0.380 e. The van der Waals surface area contributed by atoms with E-state index in [9.17, 15) is 9.18 Å². The van der Waals surface area contributed by atoms with Gasteiger partial charge in [-0.15, -0.1) is 0 Å². The van der Waals surface area contributed by atoms with Crippen molar-refractivity contribution in [3.8, 4) is 0 Å². The number of carbonyl (C=O) groups excluding carboxylic acids is 1. The second kappa shape index (κ2) is 3.97. The first-order chi connectivity index (χ1) is 5.79. The number of hydrogen-bond donors (Lipinski definition) is 0. The lowest BCUT2D eigenvalue weighted by atomic mass is 10.1. The van der Waals surface area contributed by atoms with Crippen LogP contribution >= 0.6 is 0 Å². The Morgan fingerprint density at radius 1 is 1.58 bits per heavy atom.